The molecule has 0 amide bonds. The molecule has 1 aliphatic rings. The number of aliphatic hydroxyl groups excluding tert-OH is 1. The summed E-state index contributed by atoms with van der Waals surface area (Å²) in [6.07, 6.45) is -1.12. The number of carbonyl (C=O) groups excluding carboxylic acids is 1. The molecule has 0 fully saturated rings. The van der Waals surface area contributed by atoms with Crippen molar-refractivity contribution in [3.05, 3.63) is 41.5 Å². The molecule has 30 heavy (non-hydrogen) atoms. The lowest BCUT2D eigenvalue weighted by atomic mass is 9.84. The summed E-state index contributed by atoms with van der Waals surface area (Å²) in [6.45, 7) is 1.40. The number of aliphatic hydroxyl groups is 1. The van der Waals surface area contributed by atoms with Crippen LogP contribution in [0, 0.1) is 11.3 Å². The van der Waals surface area contributed by atoms with Crippen LogP contribution in [0.15, 0.2) is 30.3 Å². The number of carbonyl (C=O) groups is 1. The van der Waals surface area contributed by atoms with Gasteiger partial charge in [-0.15, -0.1) is 10.2 Å². The van der Waals surface area contributed by atoms with Gasteiger partial charge in [0, 0.05) is 32.8 Å². The third-order valence-electron chi connectivity index (χ3n) is 4.61. The topological polar surface area (TPSA) is 136 Å². The summed E-state index contributed by atoms with van der Waals surface area (Å²) >= 11 is 0. The lowest BCUT2D eigenvalue weighted by Crippen LogP contribution is -2.60. The number of benzene rings is 1. The quantitative estimate of drug-likeness (QED) is 0.636. The van der Waals surface area contributed by atoms with Gasteiger partial charge < -0.3 is 29.4 Å². The van der Waals surface area contributed by atoms with Gasteiger partial charge in [0.2, 0.25) is 5.88 Å². The molecular formula is C20H22N4O6. The summed E-state index contributed by atoms with van der Waals surface area (Å²) in [4.78, 5) is 11.0. The first kappa shape index (κ1) is 21.4. The number of rotatable bonds is 7. The highest BCUT2D eigenvalue weighted by atomic mass is 16.6. The first-order valence-corrected chi connectivity index (χ1v) is 9.10. The number of fused-ring (bicyclic) bond motifs is 1. The molecule has 1 aromatic heterocycles. The Hall–Kier alpha value is -3.26. The molecule has 0 spiro atoms. The van der Waals surface area contributed by atoms with E-state index in [0.29, 0.717) is 22.7 Å². The fraction of sp³-hybridized carbons (Fsp3) is 0.400. The molecule has 1 aliphatic heterocycles. The normalized spacial score (nSPS) is 19.2. The van der Waals surface area contributed by atoms with Crippen molar-refractivity contribution in [2.75, 3.05) is 32.8 Å². The lowest BCUT2D eigenvalue weighted by Gasteiger charge is -2.45. The van der Waals surface area contributed by atoms with Crippen LogP contribution in [0.3, 0.4) is 0 Å². The maximum absolute atomic E-state index is 11.2. The van der Waals surface area contributed by atoms with E-state index in [1.165, 1.54) is 27.2 Å². The number of hydrogen-bond acceptors (Lipinski definition) is 10. The van der Waals surface area contributed by atoms with Crippen LogP contribution in [0.5, 0.6) is 11.6 Å². The summed E-state index contributed by atoms with van der Waals surface area (Å²) in [5, 5.41) is 31.5. The number of nitrogens with one attached hydrogen (secondary N) is 1. The molecule has 0 aliphatic carbocycles. The van der Waals surface area contributed by atoms with Gasteiger partial charge in [-0.2, -0.15) is 5.26 Å². The van der Waals surface area contributed by atoms with Crippen LogP contribution in [0.4, 0.5) is 5.82 Å². The van der Waals surface area contributed by atoms with Gasteiger partial charge in [0.25, 0.3) is 0 Å². The van der Waals surface area contributed by atoms with Crippen molar-refractivity contribution >= 4 is 11.8 Å². The fourth-order valence-corrected chi connectivity index (χ4v) is 3.38. The summed E-state index contributed by atoms with van der Waals surface area (Å²) < 4.78 is 21.6. The smallest absolute Gasteiger partial charge is 0.309 e. The second kappa shape index (κ2) is 9.04. The number of hydrogen-bond donors (Lipinski definition) is 2. The van der Waals surface area contributed by atoms with Gasteiger partial charge in [0.05, 0.1) is 30.9 Å². The zero-order valence-corrected chi connectivity index (χ0v) is 16.8. The third kappa shape index (κ3) is 4.33. The molecule has 0 unspecified atom stereocenters. The van der Waals surface area contributed by atoms with Crippen molar-refractivity contribution < 1.29 is 28.8 Å². The van der Waals surface area contributed by atoms with Crippen LogP contribution in [-0.4, -0.2) is 60.4 Å². The molecule has 158 valence electrons. The largest absolute Gasteiger partial charge is 0.479 e. The zero-order chi connectivity index (χ0) is 21.7. The maximum atomic E-state index is 11.2. The van der Waals surface area contributed by atoms with Crippen LogP contribution >= 0.6 is 0 Å². The average molecular weight is 414 g/mol. The molecule has 0 bridgehead atoms. The second-order valence-electron chi connectivity index (χ2n) is 6.81. The lowest BCUT2D eigenvalue weighted by molar-refractivity contribution is -0.142. The van der Waals surface area contributed by atoms with Gasteiger partial charge >= 0.3 is 5.97 Å². The van der Waals surface area contributed by atoms with Crippen LogP contribution in [-0.2, 0) is 14.3 Å². The van der Waals surface area contributed by atoms with Gasteiger partial charge in [-0.25, -0.2) is 0 Å². The van der Waals surface area contributed by atoms with Crippen molar-refractivity contribution in [2.45, 2.75) is 24.7 Å². The van der Waals surface area contributed by atoms with E-state index in [0.717, 1.165) is 0 Å². The number of ether oxygens (including phenoxy) is 4. The fourth-order valence-electron chi connectivity index (χ4n) is 3.38. The molecule has 2 aromatic rings. The second-order valence-corrected chi connectivity index (χ2v) is 6.81. The molecule has 10 heteroatoms. The number of nitriles is 1. The van der Waals surface area contributed by atoms with Crippen LogP contribution in [0.1, 0.15) is 24.1 Å². The molecule has 10 nitrogen and oxygen atoms in total. The van der Waals surface area contributed by atoms with E-state index in [9.17, 15) is 15.2 Å². The predicted octanol–water partition coefficient (Wildman–Crippen LogP) is 1.21. The van der Waals surface area contributed by atoms with Crippen molar-refractivity contribution in [1.82, 2.24) is 10.2 Å². The van der Waals surface area contributed by atoms with Gasteiger partial charge in [-0.1, -0.05) is 0 Å². The maximum Gasteiger partial charge on any atom is 0.309 e. The minimum absolute atomic E-state index is 0.0563. The molecule has 0 saturated carbocycles. The van der Waals surface area contributed by atoms with Gasteiger partial charge in [0.15, 0.2) is 5.60 Å². The summed E-state index contributed by atoms with van der Waals surface area (Å²) in [7, 11) is 3.01. The average Bonchev–Trinajstić information content (AvgIpc) is 2.72. The molecule has 1 aromatic carbocycles. The van der Waals surface area contributed by atoms with Crippen LogP contribution in [0.2, 0.25) is 0 Å². The van der Waals surface area contributed by atoms with E-state index in [2.05, 4.69) is 21.6 Å². The summed E-state index contributed by atoms with van der Waals surface area (Å²) in [5.74, 6) is 0.358. The Bertz CT molecular complexity index is 937. The molecule has 2 heterocycles. The van der Waals surface area contributed by atoms with Crippen molar-refractivity contribution in [1.29, 1.82) is 5.26 Å². The highest BCUT2D eigenvalue weighted by Crippen LogP contribution is 2.42. The SMILES string of the molecule is COCC1(COC)Oc2ccc(C#N)cc2[C@@H](Nc2ccc(OC(C)=O)nn2)[C@@H]1O. The van der Waals surface area contributed by atoms with Crippen molar-refractivity contribution in [2.24, 2.45) is 0 Å². The Balaban J connectivity index is 1.99. The van der Waals surface area contributed by atoms with E-state index >= 15 is 0 Å². The van der Waals surface area contributed by atoms with E-state index in [-0.39, 0.29) is 19.1 Å². The molecule has 2 N–H and O–H groups in total. The Kier molecular flexibility index (Phi) is 6.47. The number of nitrogens with zero attached hydrogens (tertiary/aromatic N) is 3. The standard InChI is InChI=1S/C20H22N4O6/c1-12(25)29-17-7-6-16(23-24-17)22-18-14-8-13(9-21)4-5-15(14)30-20(10-27-2,11-28-3)19(18)26/h4-8,18-19,26H,10-11H2,1-3H3,(H,22,23)/t18-,19+/m1/s1. The van der Waals surface area contributed by atoms with E-state index in [1.54, 1.807) is 24.3 Å². The minimum Gasteiger partial charge on any atom is -0.479 e. The Morgan fingerprint density at radius 3 is 2.57 bits per heavy atom. The summed E-state index contributed by atoms with van der Waals surface area (Å²) in [6, 6.07) is 9.36. The monoisotopic (exact) mass is 414 g/mol. The first-order chi connectivity index (χ1) is 14.4. The number of aromatic nitrogens is 2. The van der Waals surface area contributed by atoms with Gasteiger partial charge in [0.1, 0.15) is 17.7 Å². The van der Waals surface area contributed by atoms with E-state index in [4.69, 9.17) is 18.9 Å². The molecule has 0 radical (unpaired) electrons. The molecule has 0 saturated heterocycles. The zero-order valence-electron chi connectivity index (χ0n) is 16.8. The third-order valence-corrected chi connectivity index (χ3v) is 4.61. The number of esters is 1. The van der Waals surface area contributed by atoms with E-state index in [1.807, 2.05) is 0 Å². The Morgan fingerprint density at radius 2 is 2.00 bits per heavy atom. The van der Waals surface area contributed by atoms with Crippen LogP contribution in [0.25, 0.3) is 0 Å². The van der Waals surface area contributed by atoms with Crippen molar-refractivity contribution in [3.63, 3.8) is 0 Å². The van der Waals surface area contributed by atoms with Crippen LogP contribution < -0.4 is 14.8 Å². The Labute approximate surface area is 173 Å². The highest BCUT2D eigenvalue weighted by Gasteiger charge is 2.50. The van der Waals surface area contributed by atoms with E-state index < -0.39 is 23.7 Å². The first-order valence-electron chi connectivity index (χ1n) is 9.10. The van der Waals surface area contributed by atoms with Gasteiger partial charge in [-0.05, 0) is 24.3 Å². The highest BCUT2D eigenvalue weighted by molar-refractivity contribution is 5.68. The molecule has 3 rings (SSSR count). The van der Waals surface area contributed by atoms with Crippen molar-refractivity contribution in [3.8, 4) is 17.7 Å². The number of methoxy groups -OCH3 is 2. The summed E-state index contributed by atoms with van der Waals surface area (Å²) in [5.41, 5.74) is -0.193. The predicted molar refractivity (Wildman–Crippen MR) is 104 cm³/mol. The number of anilines is 1. The molecule has 2 atom stereocenters. The van der Waals surface area contributed by atoms with Gasteiger partial charge in [-0.3, -0.25) is 4.79 Å². The molecular weight excluding hydrogens is 392 g/mol. The minimum atomic E-state index is -1.19. The Morgan fingerprint density at radius 1 is 1.27 bits per heavy atom.